The quantitative estimate of drug-likeness (QED) is 0.246. The van der Waals surface area contributed by atoms with Crippen LogP contribution in [0.25, 0.3) is 0 Å². The van der Waals surface area contributed by atoms with E-state index in [-0.39, 0.29) is 25.4 Å². The van der Waals surface area contributed by atoms with E-state index in [2.05, 4.69) is 5.32 Å². The number of aliphatic hydroxyl groups is 3. The highest BCUT2D eigenvalue weighted by Gasteiger charge is 2.48. The van der Waals surface area contributed by atoms with Crippen LogP contribution in [-0.4, -0.2) is 99.0 Å². The van der Waals surface area contributed by atoms with Crippen LogP contribution in [-0.2, 0) is 28.0 Å². The molecule has 2 rings (SSSR count). The second-order valence-electron chi connectivity index (χ2n) is 6.27. The molecule has 0 saturated carbocycles. The molecule has 2 aliphatic rings. The third kappa shape index (κ3) is 5.73. The van der Waals surface area contributed by atoms with E-state index in [1.807, 2.05) is 0 Å². The van der Waals surface area contributed by atoms with Crippen LogP contribution in [0.5, 0.6) is 0 Å². The van der Waals surface area contributed by atoms with E-state index < -0.39 is 67.4 Å². The Morgan fingerprint density at radius 2 is 1.96 bits per heavy atom. The molecule has 12 nitrogen and oxygen atoms in total. The highest BCUT2D eigenvalue weighted by atomic mass is 32.2. The zero-order valence-corrected chi connectivity index (χ0v) is 15.2. The maximum Gasteiger partial charge on any atom is 0.335 e. The fraction of sp³-hybridized carbons (Fsp3) is 0.857. The number of aliphatic carboxylic acids is 1. The lowest BCUT2D eigenvalue weighted by Crippen LogP contribution is -2.63. The van der Waals surface area contributed by atoms with E-state index in [1.54, 1.807) is 0 Å². The Morgan fingerprint density at radius 3 is 2.56 bits per heavy atom. The van der Waals surface area contributed by atoms with E-state index in [4.69, 9.17) is 22.9 Å². The minimum Gasteiger partial charge on any atom is -0.479 e. The smallest absolute Gasteiger partial charge is 0.335 e. The molecule has 2 saturated heterocycles. The maximum atomic E-state index is 11.4. The van der Waals surface area contributed by atoms with Crippen molar-refractivity contribution >= 4 is 24.2 Å². The molecular weight excluding hydrogens is 390 g/mol. The Bertz CT molecular complexity index is 523. The summed E-state index contributed by atoms with van der Waals surface area (Å²) in [5.41, 5.74) is 0. The number of carbonyl (C=O) groups is 2. The number of carbonyl (C=O) groups excluding carboxylic acids is 1. The zero-order valence-electron chi connectivity index (χ0n) is 14.3. The first-order chi connectivity index (χ1) is 12.7. The summed E-state index contributed by atoms with van der Waals surface area (Å²) in [6.45, 7) is 0.689. The van der Waals surface area contributed by atoms with Gasteiger partial charge in [0.15, 0.2) is 24.7 Å². The molecule has 2 aliphatic heterocycles. The third-order valence-electron chi connectivity index (χ3n) is 4.23. The molecule has 0 radical (unpaired) electrons. The highest BCUT2D eigenvalue weighted by Crippen LogP contribution is 2.27. The molecule has 8 atom stereocenters. The second kappa shape index (κ2) is 9.95. The molecule has 6 N–H and O–H groups in total. The van der Waals surface area contributed by atoms with Crippen LogP contribution in [0.2, 0.25) is 0 Å². The van der Waals surface area contributed by atoms with Gasteiger partial charge in [-0.15, -0.1) is 0 Å². The lowest BCUT2D eigenvalue weighted by atomic mass is 9.97. The Hall–Kier alpha value is -1.03. The van der Waals surface area contributed by atoms with E-state index >= 15 is 0 Å². The van der Waals surface area contributed by atoms with Crippen molar-refractivity contribution in [3.63, 3.8) is 0 Å². The SMILES string of the molecule is CC(=O)NC1C(O)CC(COSO)OC1OC1C(C(=O)O)OCC(O)C1O. The number of ether oxygens (including phenoxy) is 3. The molecule has 0 aliphatic carbocycles. The largest absolute Gasteiger partial charge is 0.479 e. The number of hydrogen-bond acceptors (Lipinski definition) is 11. The normalized spacial score (nSPS) is 39.7. The third-order valence-corrected chi connectivity index (χ3v) is 4.47. The fourth-order valence-corrected chi connectivity index (χ4v) is 3.18. The Kier molecular flexibility index (Phi) is 8.20. The summed E-state index contributed by atoms with van der Waals surface area (Å²) in [6, 6.07) is -1.07. The molecule has 0 bridgehead atoms. The molecule has 8 unspecified atom stereocenters. The van der Waals surface area contributed by atoms with Gasteiger partial charge in [0, 0.05) is 13.3 Å². The predicted octanol–water partition coefficient (Wildman–Crippen LogP) is -2.30. The molecular formula is C14H23NO11S. The van der Waals surface area contributed by atoms with Crippen molar-refractivity contribution in [2.75, 3.05) is 13.2 Å². The predicted molar refractivity (Wildman–Crippen MR) is 87.3 cm³/mol. The van der Waals surface area contributed by atoms with E-state index in [0.717, 1.165) is 0 Å². The molecule has 1 amide bonds. The molecule has 0 aromatic rings. The van der Waals surface area contributed by atoms with Gasteiger partial charge in [0.1, 0.15) is 24.4 Å². The van der Waals surface area contributed by atoms with Gasteiger partial charge in [-0.2, -0.15) is 0 Å². The molecule has 0 spiro atoms. The first-order valence-electron chi connectivity index (χ1n) is 8.14. The number of aliphatic hydroxyl groups excluding tert-OH is 3. The molecule has 156 valence electrons. The Morgan fingerprint density at radius 1 is 1.26 bits per heavy atom. The van der Waals surface area contributed by atoms with Gasteiger partial charge in [-0.1, -0.05) is 0 Å². The van der Waals surface area contributed by atoms with Crippen LogP contribution in [0.1, 0.15) is 13.3 Å². The highest BCUT2D eigenvalue weighted by molar-refractivity contribution is 7.88. The van der Waals surface area contributed by atoms with Gasteiger partial charge in [-0.05, 0) is 0 Å². The summed E-state index contributed by atoms with van der Waals surface area (Å²) < 4.78 is 29.6. The summed E-state index contributed by atoms with van der Waals surface area (Å²) in [6.07, 6.45) is -9.31. The molecule has 2 fully saturated rings. The van der Waals surface area contributed by atoms with Gasteiger partial charge in [-0.3, -0.25) is 8.98 Å². The van der Waals surface area contributed by atoms with Gasteiger partial charge in [0.2, 0.25) is 5.91 Å². The van der Waals surface area contributed by atoms with Gasteiger partial charge in [-0.25, -0.2) is 4.79 Å². The Balaban J connectivity index is 2.19. The topological polar surface area (TPSA) is 184 Å². The summed E-state index contributed by atoms with van der Waals surface area (Å²) >= 11 is 0.107. The van der Waals surface area contributed by atoms with Crippen LogP contribution in [0, 0.1) is 0 Å². The number of hydrogen-bond donors (Lipinski definition) is 6. The summed E-state index contributed by atoms with van der Waals surface area (Å²) in [4.78, 5) is 22.8. The summed E-state index contributed by atoms with van der Waals surface area (Å²) in [5.74, 6) is -1.91. The van der Waals surface area contributed by atoms with Crippen molar-refractivity contribution in [3.05, 3.63) is 0 Å². The van der Waals surface area contributed by atoms with E-state index in [0.29, 0.717) is 0 Å². The van der Waals surface area contributed by atoms with Crippen LogP contribution < -0.4 is 5.32 Å². The Labute approximate surface area is 158 Å². The average Bonchev–Trinajstić information content (AvgIpc) is 2.59. The number of amides is 1. The van der Waals surface area contributed by atoms with Gasteiger partial charge >= 0.3 is 5.97 Å². The standard InChI is InChI=1S/C14H23NO11S/c1-5(16)15-9-7(17)2-6(3-24-27-22)25-14(9)26-11-10(19)8(18)4-23-12(11)13(20)21/h6-12,14,17-19,22H,2-4H2,1H3,(H,15,16)(H,20,21). The average molecular weight is 413 g/mol. The number of carboxylic acid groups (broad SMARTS) is 1. The molecule has 0 aromatic carbocycles. The van der Waals surface area contributed by atoms with Crippen LogP contribution >= 0.6 is 12.3 Å². The van der Waals surface area contributed by atoms with E-state index in [1.165, 1.54) is 6.92 Å². The monoisotopic (exact) mass is 413 g/mol. The summed E-state index contributed by atoms with van der Waals surface area (Å²) in [5, 5.41) is 41.9. The number of carboxylic acids is 1. The first kappa shape index (κ1) is 22.3. The first-order valence-corrected chi connectivity index (χ1v) is 8.84. The molecule has 2 heterocycles. The van der Waals surface area contributed by atoms with Crippen molar-refractivity contribution < 1.29 is 53.0 Å². The van der Waals surface area contributed by atoms with Crippen molar-refractivity contribution in [2.45, 2.75) is 62.3 Å². The number of nitrogens with one attached hydrogen (secondary N) is 1. The number of rotatable bonds is 7. The lowest BCUT2D eigenvalue weighted by Gasteiger charge is -2.43. The molecule has 27 heavy (non-hydrogen) atoms. The van der Waals surface area contributed by atoms with Crippen LogP contribution in [0.3, 0.4) is 0 Å². The fourth-order valence-electron chi connectivity index (χ4n) is 2.97. The van der Waals surface area contributed by atoms with Gasteiger partial charge in [0.25, 0.3) is 0 Å². The summed E-state index contributed by atoms with van der Waals surface area (Å²) in [7, 11) is 0. The zero-order chi connectivity index (χ0) is 20.1. The van der Waals surface area contributed by atoms with Crippen LogP contribution in [0.15, 0.2) is 0 Å². The minimum absolute atomic E-state index is 0.0417. The molecule has 13 heteroatoms. The van der Waals surface area contributed by atoms with Gasteiger partial charge in [0.05, 0.1) is 25.4 Å². The van der Waals surface area contributed by atoms with Crippen molar-refractivity contribution in [3.8, 4) is 0 Å². The second-order valence-corrected chi connectivity index (χ2v) is 6.65. The van der Waals surface area contributed by atoms with E-state index in [9.17, 15) is 30.0 Å². The van der Waals surface area contributed by atoms with Crippen molar-refractivity contribution in [1.82, 2.24) is 5.32 Å². The maximum absolute atomic E-state index is 11.4. The van der Waals surface area contributed by atoms with Crippen molar-refractivity contribution in [2.24, 2.45) is 0 Å². The van der Waals surface area contributed by atoms with Gasteiger partial charge < -0.3 is 44.5 Å². The van der Waals surface area contributed by atoms with Crippen LogP contribution in [0.4, 0.5) is 0 Å². The molecule has 0 aromatic heterocycles. The lowest BCUT2D eigenvalue weighted by molar-refractivity contribution is -0.294. The minimum atomic E-state index is -1.59. The van der Waals surface area contributed by atoms with Crippen molar-refractivity contribution in [1.29, 1.82) is 0 Å².